The molecule has 2 rings (SSSR count). The molecule has 1 unspecified atom stereocenters. The summed E-state index contributed by atoms with van der Waals surface area (Å²) in [5, 5.41) is 3.72. The molecule has 0 aromatic heterocycles. The fraction of sp³-hybridized carbons (Fsp3) is 0.875. The van der Waals surface area contributed by atoms with E-state index in [0.29, 0.717) is 0 Å². The van der Waals surface area contributed by atoms with Gasteiger partial charge in [0.15, 0.2) is 0 Å². The van der Waals surface area contributed by atoms with Crippen molar-refractivity contribution in [2.24, 2.45) is 5.92 Å². The molecule has 0 radical (unpaired) electrons. The molecule has 0 bridgehead atoms. The van der Waals surface area contributed by atoms with Gasteiger partial charge >= 0.3 is 0 Å². The molecule has 1 heteroatoms. The monoisotopic (exact) mass is 235 g/mol. The smallest absolute Gasteiger partial charge is 0.0107 e. The molecule has 1 atom stereocenters. The van der Waals surface area contributed by atoms with Gasteiger partial charge in [0.1, 0.15) is 0 Å². The van der Waals surface area contributed by atoms with Gasteiger partial charge in [-0.1, -0.05) is 44.3 Å². The minimum atomic E-state index is 0.757. The lowest BCUT2D eigenvalue weighted by molar-refractivity contribution is 0.385. The summed E-state index contributed by atoms with van der Waals surface area (Å²) >= 11 is 0. The van der Waals surface area contributed by atoms with Crippen LogP contribution in [0.2, 0.25) is 0 Å². The molecule has 2 aliphatic carbocycles. The Labute approximate surface area is 107 Å². The van der Waals surface area contributed by atoms with Gasteiger partial charge < -0.3 is 5.32 Å². The Bertz CT molecular complexity index is 238. The van der Waals surface area contributed by atoms with Crippen LogP contribution in [-0.4, -0.2) is 12.6 Å². The van der Waals surface area contributed by atoms with Gasteiger partial charge in [0.25, 0.3) is 0 Å². The minimum absolute atomic E-state index is 0.757. The molecule has 0 aromatic rings. The summed E-state index contributed by atoms with van der Waals surface area (Å²) < 4.78 is 0. The van der Waals surface area contributed by atoms with Gasteiger partial charge in [0, 0.05) is 6.04 Å². The van der Waals surface area contributed by atoms with Crippen LogP contribution in [0.25, 0.3) is 0 Å². The first kappa shape index (κ1) is 13.1. The Morgan fingerprint density at radius 2 is 2.06 bits per heavy atom. The first-order valence-electron chi connectivity index (χ1n) is 7.79. The van der Waals surface area contributed by atoms with E-state index in [4.69, 9.17) is 0 Å². The lowest BCUT2D eigenvalue weighted by Crippen LogP contribution is -2.31. The van der Waals surface area contributed by atoms with Crippen LogP contribution in [0.1, 0.15) is 71.1 Å². The lowest BCUT2D eigenvalue weighted by Gasteiger charge is -2.24. The summed E-state index contributed by atoms with van der Waals surface area (Å²) in [7, 11) is 0. The van der Waals surface area contributed by atoms with Crippen LogP contribution >= 0.6 is 0 Å². The Morgan fingerprint density at radius 1 is 1.24 bits per heavy atom. The van der Waals surface area contributed by atoms with Crippen molar-refractivity contribution in [3.8, 4) is 0 Å². The highest BCUT2D eigenvalue weighted by Crippen LogP contribution is 2.31. The Hall–Kier alpha value is -0.300. The predicted molar refractivity (Wildman–Crippen MR) is 75.2 cm³/mol. The van der Waals surface area contributed by atoms with E-state index in [2.05, 4.69) is 18.3 Å². The molecule has 1 fully saturated rings. The predicted octanol–water partition coefficient (Wildman–Crippen LogP) is 4.44. The first-order chi connectivity index (χ1) is 8.38. The van der Waals surface area contributed by atoms with E-state index >= 15 is 0 Å². The highest BCUT2D eigenvalue weighted by atomic mass is 14.9. The van der Waals surface area contributed by atoms with Crippen molar-refractivity contribution in [3.05, 3.63) is 11.6 Å². The van der Waals surface area contributed by atoms with Crippen LogP contribution in [-0.2, 0) is 0 Å². The Balaban J connectivity index is 1.80. The zero-order valence-corrected chi connectivity index (χ0v) is 11.5. The summed E-state index contributed by atoms with van der Waals surface area (Å²) in [6.45, 7) is 3.38. The molecule has 98 valence electrons. The topological polar surface area (TPSA) is 12.0 Å². The lowest BCUT2D eigenvalue weighted by atomic mass is 9.89. The fourth-order valence-corrected chi connectivity index (χ4v) is 3.58. The highest BCUT2D eigenvalue weighted by molar-refractivity contribution is 5.07. The van der Waals surface area contributed by atoms with E-state index in [9.17, 15) is 0 Å². The van der Waals surface area contributed by atoms with E-state index in [1.165, 1.54) is 64.2 Å². The van der Waals surface area contributed by atoms with Gasteiger partial charge in [-0.25, -0.2) is 0 Å². The maximum Gasteiger partial charge on any atom is 0.0107 e. The molecular formula is C16H29N. The standard InChI is InChI=1S/C16H29N/c1-2-17-16(13-15-10-6-7-11-15)12-14-8-4-3-5-9-14/h8,15-17H,2-7,9-13H2,1H3. The van der Waals surface area contributed by atoms with Crippen LogP contribution in [0.5, 0.6) is 0 Å². The zero-order valence-electron chi connectivity index (χ0n) is 11.5. The quantitative estimate of drug-likeness (QED) is 0.671. The van der Waals surface area contributed by atoms with Crippen LogP contribution in [0.3, 0.4) is 0 Å². The van der Waals surface area contributed by atoms with Crippen LogP contribution in [0.15, 0.2) is 11.6 Å². The Kier molecular flexibility index (Phi) is 5.57. The van der Waals surface area contributed by atoms with Gasteiger partial charge in [-0.15, -0.1) is 0 Å². The van der Waals surface area contributed by atoms with E-state index in [1.54, 1.807) is 5.57 Å². The van der Waals surface area contributed by atoms with Gasteiger partial charge in [-0.2, -0.15) is 0 Å². The van der Waals surface area contributed by atoms with E-state index < -0.39 is 0 Å². The zero-order chi connectivity index (χ0) is 11.9. The molecule has 0 aliphatic heterocycles. The summed E-state index contributed by atoms with van der Waals surface area (Å²) in [6, 6.07) is 0.757. The van der Waals surface area contributed by atoms with E-state index in [1.807, 2.05) is 0 Å². The third-order valence-electron chi connectivity index (χ3n) is 4.48. The first-order valence-corrected chi connectivity index (χ1v) is 7.79. The van der Waals surface area contributed by atoms with E-state index in [-0.39, 0.29) is 0 Å². The molecule has 0 saturated heterocycles. The number of hydrogen-bond acceptors (Lipinski definition) is 1. The van der Waals surface area contributed by atoms with Crippen molar-refractivity contribution in [2.75, 3.05) is 6.54 Å². The molecule has 0 amide bonds. The fourth-order valence-electron chi connectivity index (χ4n) is 3.58. The molecule has 2 aliphatic rings. The van der Waals surface area contributed by atoms with Crippen molar-refractivity contribution in [1.29, 1.82) is 0 Å². The maximum atomic E-state index is 3.72. The van der Waals surface area contributed by atoms with Crippen molar-refractivity contribution >= 4 is 0 Å². The molecule has 0 aromatic carbocycles. The number of hydrogen-bond donors (Lipinski definition) is 1. The van der Waals surface area contributed by atoms with E-state index in [0.717, 1.165) is 18.5 Å². The average molecular weight is 235 g/mol. The van der Waals surface area contributed by atoms with Crippen LogP contribution < -0.4 is 5.32 Å². The second-order valence-electron chi connectivity index (χ2n) is 5.95. The molecule has 0 spiro atoms. The van der Waals surface area contributed by atoms with Gasteiger partial charge in [0.2, 0.25) is 0 Å². The average Bonchev–Trinajstić information content (AvgIpc) is 2.83. The second-order valence-corrected chi connectivity index (χ2v) is 5.95. The molecule has 1 nitrogen and oxygen atoms in total. The van der Waals surface area contributed by atoms with Crippen molar-refractivity contribution < 1.29 is 0 Å². The molecule has 1 N–H and O–H groups in total. The van der Waals surface area contributed by atoms with Crippen LogP contribution in [0.4, 0.5) is 0 Å². The number of allylic oxidation sites excluding steroid dienone is 1. The van der Waals surface area contributed by atoms with Gasteiger partial charge in [-0.3, -0.25) is 0 Å². The maximum absolute atomic E-state index is 3.72. The summed E-state index contributed by atoms with van der Waals surface area (Å²) in [6.07, 6.45) is 16.7. The van der Waals surface area contributed by atoms with Crippen molar-refractivity contribution in [3.63, 3.8) is 0 Å². The second kappa shape index (κ2) is 7.20. The SMILES string of the molecule is CCNC(CC1=CCCCC1)CC1CCCC1. The summed E-state index contributed by atoms with van der Waals surface area (Å²) in [4.78, 5) is 0. The Morgan fingerprint density at radius 3 is 2.71 bits per heavy atom. The number of rotatable bonds is 6. The molecular weight excluding hydrogens is 206 g/mol. The third-order valence-corrected chi connectivity index (χ3v) is 4.48. The highest BCUT2D eigenvalue weighted by Gasteiger charge is 2.20. The minimum Gasteiger partial charge on any atom is -0.314 e. The molecule has 1 saturated carbocycles. The number of nitrogens with one attached hydrogen (secondary N) is 1. The van der Waals surface area contributed by atoms with Crippen molar-refractivity contribution in [2.45, 2.75) is 77.2 Å². The summed E-state index contributed by atoms with van der Waals surface area (Å²) in [5.74, 6) is 1.02. The van der Waals surface area contributed by atoms with Gasteiger partial charge in [0.05, 0.1) is 0 Å². The summed E-state index contributed by atoms with van der Waals surface area (Å²) in [5.41, 5.74) is 1.74. The normalized spacial score (nSPS) is 23.7. The van der Waals surface area contributed by atoms with Crippen LogP contribution in [0, 0.1) is 5.92 Å². The molecule has 0 heterocycles. The van der Waals surface area contributed by atoms with Crippen molar-refractivity contribution in [1.82, 2.24) is 5.32 Å². The largest absolute Gasteiger partial charge is 0.314 e. The molecule has 17 heavy (non-hydrogen) atoms. The third kappa shape index (κ3) is 4.46. The van der Waals surface area contributed by atoms with Gasteiger partial charge in [-0.05, 0) is 51.0 Å².